The van der Waals surface area contributed by atoms with E-state index < -0.39 is 18.2 Å². The molecule has 1 heterocycles. The van der Waals surface area contributed by atoms with Gasteiger partial charge in [0, 0.05) is 19.7 Å². The molecule has 1 saturated heterocycles. The number of nitrogens with one attached hydrogen (secondary N) is 1. The number of aliphatic hydroxyl groups excluding tert-OH is 4. The highest BCUT2D eigenvalue weighted by molar-refractivity contribution is 7.80. The van der Waals surface area contributed by atoms with Crippen LogP contribution in [0.1, 0.15) is 96.3 Å². The van der Waals surface area contributed by atoms with Crippen molar-refractivity contribution < 1.29 is 20.4 Å². The Labute approximate surface area is 189 Å². The van der Waals surface area contributed by atoms with E-state index in [9.17, 15) is 15.3 Å². The second kappa shape index (κ2) is 18.1. The molecule has 1 aliphatic heterocycles. The minimum Gasteiger partial charge on any atom is -0.396 e. The zero-order chi connectivity index (χ0) is 22.0. The molecule has 6 nitrogen and oxygen atoms in total. The molecule has 0 bridgehead atoms. The van der Waals surface area contributed by atoms with Gasteiger partial charge in [-0.2, -0.15) is 0 Å². The van der Waals surface area contributed by atoms with Crippen molar-refractivity contribution in [1.82, 2.24) is 10.2 Å². The largest absolute Gasteiger partial charge is 0.396 e. The van der Waals surface area contributed by atoms with E-state index >= 15 is 0 Å². The smallest absolute Gasteiger partial charge is 0.169 e. The standard InChI is InChI=1S/C23H46N2O4S/c26-18-14-12-10-8-6-4-2-1-3-5-7-9-11-13-16-24-23(30)25-17-15-21(28)22(29)20(25)19-27/h20-22,26-29H,1-19H2,(H,24,30)/t20-,21-,22-/m1/s1. The Morgan fingerprint density at radius 3 is 1.70 bits per heavy atom. The summed E-state index contributed by atoms with van der Waals surface area (Å²) >= 11 is 5.41. The fourth-order valence-corrected chi connectivity index (χ4v) is 4.49. The maximum Gasteiger partial charge on any atom is 0.169 e. The molecule has 1 rings (SSSR count). The Hall–Kier alpha value is -0.470. The molecule has 0 unspecified atom stereocenters. The van der Waals surface area contributed by atoms with Crippen molar-refractivity contribution >= 4 is 17.3 Å². The molecule has 0 aliphatic carbocycles. The van der Waals surface area contributed by atoms with Gasteiger partial charge >= 0.3 is 0 Å². The summed E-state index contributed by atoms with van der Waals surface area (Å²) in [6, 6.07) is -0.528. The van der Waals surface area contributed by atoms with Gasteiger partial charge in [-0.15, -0.1) is 0 Å². The van der Waals surface area contributed by atoms with Crippen molar-refractivity contribution in [3.8, 4) is 0 Å². The molecule has 5 N–H and O–H groups in total. The van der Waals surface area contributed by atoms with E-state index in [-0.39, 0.29) is 6.61 Å². The molecule has 30 heavy (non-hydrogen) atoms. The number of unbranched alkanes of at least 4 members (excludes halogenated alkanes) is 13. The predicted molar refractivity (Wildman–Crippen MR) is 127 cm³/mol. The summed E-state index contributed by atoms with van der Waals surface area (Å²) in [5.74, 6) is 0. The van der Waals surface area contributed by atoms with Crippen LogP contribution in [-0.4, -0.2) is 75.0 Å². The van der Waals surface area contributed by atoms with Gasteiger partial charge in [-0.05, 0) is 31.5 Å². The lowest BCUT2D eigenvalue weighted by Gasteiger charge is -2.42. The van der Waals surface area contributed by atoms with Gasteiger partial charge in [0.25, 0.3) is 0 Å². The normalized spacial score (nSPS) is 21.7. The van der Waals surface area contributed by atoms with Crippen LogP contribution in [0.2, 0.25) is 0 Å². The van der Waals surface area contributed by atoms with Crippen LogP contribution in [0.3, 0.4) is 0 Å². The molecule has 178 valence electrons. The Bertz CT molecular complexity index is 428. The molecular formula is C23H46N2O4S. The second-order valence-electron chi connectivity index (χ2n) is 8.70. The van der Waals surface area contributed by atoms with E-state index in [2.05, 4.69) is 5.32 Å². The lowest BCUT2D eigenvalue weighted by Crippen LogP contribution is -2.60. The SMILES string of the molecule is OCCCCCCCCCCCCCCCCNC(=S)N1CC[C@@H](O)[C@H](O)[C@H]1CO. The molecular weight excluding hydrogens is 400 g/mol. The van der Waals surface area contributed by atoms with Crippen LogP contribution in [0, 0.1) is 0 Å². The summed E-state index contributed by atoms with van der Waals surface area (Å²) in [6.07, 6.45) is 16.3. The average Bonchev–Trinajstić information content (AvgIpc) is 2.75. The van der Waals surface area contributed by atoms with E-state index in [1.165, 1.54) is 77.0 Å². The van der Waals surface area contributed by atoms with Gasteiger partial charge in [0.05, 0.1) is 18.8 Å². The van der Waals surface area contributed by atoms with E-state index in [0.717, 1.165) is 19.4 Å². The molecule has 0 aromatic heterocycles. The number of thiocarbonyl (C=S) groups is 1. The fraction of sp³-hybridized carbons (Fsp3) is 0.957. The highest BCUT2D eigenvalue weighted by atomic mass is 32.1. The van der Waals surface area contributed by atoms with Gasteiger partial charge in [-0.3, -0.25) is 0 Å². The maximum atomic E-state index is 10.0. The summed E-state index contributed by atoms with van der Waals surface area (Å²) in [7, 11) is 0. The quantitative estimate of drug-likeness (QED) is 0.173. The van der Waals surface area contributed by atoms with Crippen molar-refractivity contribution in [2.75, 3.05) is 26.3 Å². The zero-order valence-corrected chi connectivity index (χ0v) is 19.6. The van der Waals surface area contributed by atoms with E-state index in [1.54, 1.807) is 0 Å². The van der Waals surface area contributed by atoms with Gasteiger partial charge in [-0.1, -0.05) is 77.0 Å². The molecule has 3 atom stereocenters. The Balaban J connectivity index is 1.90. The highest BCUT2D eigenvalue weighted by Crippen LogP contribution is 2.18. The zero-order valence-electron chi connectivity index (χ0n) is 18.8. The van der Waals surface area contributed by atoms with Crippen LogP contribution in [0.5, 0.6) is 0 Å². The lowest BCUT2D eigenvalue weighted by atomic mass is 9.97. The Kier molecular flexibility index (Phi) is 16.7. The summed E-state index contributed by atoms with van der Waals surface area (Å²) in [5.41, 5.74) is 0. The molecule has 1 fully saturated rings. The van der Waals surface area contributed by atoms with Crippen LogP contribution in [-0.2, 0) is 0 Å². The molecule has 7 heteroatoms. The van der Waals surface area contributed by atoms with Gasteiger partial charge in [0.2, 0.25) is 0 Å². The van der Waals surface area contributed by atoms with Gasteiger partial charge in [0.15, 0.2) is 5.11 Å². The minimum absolute atomic E-state index is 0.218. The highest BCUT2D eigenvalue weighted by Gasteiger charge is 2.36. The summed E-state index contributed by atoms with van der Waals surface area (Å²) in [4.78, 5) is 1.81. The van der Waals surface area contributed by atoms with E-state index in [1.807, 2.05) is 4.90 Å². The van der Waals surface area contributed by atoms with Gasteiger partial charge in [-0.25, -0.2) is 0 Å². The van der Waals surface area contributed by atoms with Crippen molar-refractivity contribution in [2.24, 2.45) is 0 Å². The van der Waals surface area contributed by atoms with Gasteiger partial charge in [0.1, 0.15) is 6.10 Å². The number of rotatable bonds is 17. The Morgan fingerprint density at radius 1 is 0.767 bits per heavy atom. The number of nitrogens with zero attached hydrogens (tertiary/aromatic N) is 1. The summed E-state index contributed by atoms with van der Waals surface area (Å²) < 4.78 is 0. The molecule has 1 aliphatic rings. The summed E-state index contributed by atoms with van der Waals surface area (Å²) in [6.45, 7) is 1.48. The first kappa shape index (κ1) is 27.6. The lowest BCUT2D eigenvalue weighted by molar-refractivity contribution is -0.0695. The number of hydrogen-bond acceptors (Lipinski definition) is 5. The van der Waals surface area contributed by atoms with Crippen molar-refractivity contribution in [2.45, 2.75) is 115 Å². The average molecular weight is 447 g/mol. The van der Waals surface area contributed by atoms with Crippen molar-refractivity contribution in [1.29, 1.82) is 0 Å². The Morgan fingerprint density at radius 2 is 1.23 bits per heavy atom. The minimum atomic E-state index is -0.958. The van der Waals surface area contributed by atoms with Crippen LogP contribution < -0.4 is 5.32 Å². The van der Waals surface area contributed by atoms with Crippen molar-refractivity contribution in [3.63, 3.8) is 0 Å². The number of hydrogen-bond donors (Lipinski definition) is 5. The first-order valence-electron chi connectivity index (χ1n) is 12.2. The third kappa shape index (κ3) is 11.8. The predicted octanol–water partition coefficient (Wildman–Crippen LogP) is 3.10. The van der Waals surface area contributed by atoms with E-state index in [4.69, 9.17) is 17.3 Å². The van der Waals surface area contributed by atoms with Gasteiger partial charge < -0.3 is 30.6 Å². The fourth-order valence-electron chi connectivity index (χ4n) is 4.16. The summed E-state index contributed by atoms with van der Waals surface area (Å²) in [5, 5.41) is 41.8. The first-order chi connectivity index (χ1) is 14.6. The third-order valence-electron chi connectivity index (χ3n) is 6.16. The second-order valence-corrected chi connectivity index (χ2v) is 9.08. The number of likely N-dealkylation sites (tertiary alicyclic amines) is 1. The molecule has 0 aromatic rings. The molecule has 0 aromatic carbocycles. The molecule has 0 radical (unpaired) electrons. The van der Waals surface area contributed by atoms with Crippen LogP contribution in [0.15, 0.2) is 0 Å². The monoisotopic (exact) mass is 446 g/mol. The molecule has 0 amide bonds. The number of aliphatic hydroxyl groups is 4. The first-order valence-corrected chi connectivity index (χ1v) is 12.6. The molecule has 0 saturated carbocycles. The van der Waals surface area contributed by atoms with Crippen LogP contribution in [0.4, 0.5) is 0 Å². The van der Waals surface area contributed by atoms with Crippen LogP contribution >= 0.6 is 12.2 Å². The topological polar surface area (TPSA) is 96.2 Å². The third-order valence-corrected chi connectivity index (χ3v) is 6.54. The maximum absolute atomic E-state index is 10.0. The van der Waals surface area contributed by atoms with Crippen molar-refractivity contribution in [3.05, 3.63) is 0 Å². The van der Waals surface area contributed by atoms with E-state index in [0.29, 0.717) is 24.7 Å². The van der Waals surface area contributed by atoms with Crippen LogP contribution in [0.25, 0.3) is 0 Å². The molecule has 0 spiro atoms. The number of piperidine rings is 1.